The summed E-state index contributed by atoms with van der Waals surface area (Å²) in [5.41, 5.74) is 1.88. The van der Waals surface area contributed by atoms with Crippen LogP contribution in [0.3, 0.4) is 0 Å². The molecule has 2 saturated heterocycles. The van der Waals surface area contributed by atoms with Crippen LogP contribution in [0.15, 0.2) is 18.6 Å². The molecule has 4 heterocycles. The van der Waals surface area contributed by atoms with Gasteiger partial charge in [0.2, 0.25) is 11.9 Å². The Morgan fingerprint density at radius 2 is 2.21 bits per heavy atom. The van der Waals surface area contributed by atoms with Gasteiger partial charge in [0, 0.05) is 62.5 Å². The number of nitrogens with one attached hydrogen (secondary N) is 1. The van der Waals surface area contributed by atoms with E-state index in [1.807, 2.05) is 37.3 Å². The first-order valence-electron chi connectivity index (χ1n) is 9.37. The maximum atomic E-state index is 12.1. The lowest BCUT2D eigenvalue weighted by Gasteiger charge is -2.26. The fourth-order valence-corrected chi connectivity index (χ4v) is 4.30. The summed E-state index contributed by atoms with van der Waals surface area (Å²) in [5.74, 6) is 1.78. The van der Waals surface area contributed by atoms with Gasteiger partial charge in [-0.1, -0.05) is 6.92 Å². The molecule has 9 nitrogen and oxygen atoms in total. The largest absolute Gasteiger partial charge is 0.355 e. The number of hydrogen-bond acceptors (Lipinski definition) is 7. The molecular formula is C19H24N8O. The Kier molecular flexibility index (Phi) is 4.41. The van der Waals surface area contributed by atoms with Crippen molar-refractivity contribution in [2.24, 2.45) is 18.4 Å². The Labute approximate surface area is 164 Å². The van der Waals surface area contributed by atoms with Crippen molar-refractivity contribution >= 4 is 23.4 Å². The van der Waals surface area contributed by atoms with Crippen molar-refractivity contribution in [1.29, 1.82) is 5.26 Å². The van der Waals surface area contributed by atoms with E-state index in [4.69, 9.17) is 10.2 Å². The van der Waals surface area contributed by atoms with E-state index < -0.39 is 0 Å². The minimum absolute atomic E-state index is 0.0133. The molecule has 0 radical (unpaired) electrons. The van der Waals surface area contributed by atoms with Crippen LogP contribution in [0.25, 0.3) is 0 Å². The maximum absolute atomic E-state index is 12.1. The highest BCUT2D eigenvalue weighted by Gasteiger charge is 2.50. The van der Waals surface area contributed by atoms with E-state index >= 15 is 0 Å². The molecule has 0 spiro atoms. The number of rotatable bonds is 4. The van der Waals surface area contributed by atoms with Crippen LogP contribution in [-0.2, 0) is 11.8 Å². The summed E-state index contributed by atoms with van der Waals surface area (Å²) < 4.78 is 1.72. The van der Waals surface area contributed by atoms with Crippen molar-refractivity contribution in [3.8, 4) is 6.07 Å². The number of nitriles is 1. The van der Waals surface area contributed by atoms with Crippen molar-refractivity contribution < 1.29 is 4.79 Å². The molecule has 2 atom stereocenters. The van der Waals surface area contributed by atoms with Crippen molar-refractivity contribution in [3.05, 3.63) is 24.2 Å². The Morgan fingerprint density at radius 3 is 2.89 bits per heavy atom. The molecule has 2 aliphatic heterocycles. The van der Waals surface area contributed by atoms with Gasteiger partial charge in [0.25, 0.3) is 0 Å². The number of amides is 1. The molecular weight excluding hydrogens is 356 g/mol. The van der Waals surface area contributed by atoms with Crippen molar-refractivity contribution in [3.63, 3.8) is 0 Å². The van der Waals surface area contributed by atoms with Crippen molar-refractivity contribution in [2.75, 3.05) is 36.4 Å². The van der Waals surface area contributed by atoms with Crippen molar-refractivity contribution in [1.82, 2.24) is 24.6 Å². The van der Waals surface area contributed by atoms with Crippen LogP contribution in [0.4, 0.5) is 17.5 Å². The van der Waals surface area contributed by atoms with Crippen LogP contribution in [0.2, 0.25) is 0 Å². The SMILES string of the molecule is Cc1cnc(Nc2cnn(C)c2)nc1N1C[C@H]2CN(C(=O)CC#N)C[C@@]2(C)C1. The van der Waals surface area contributed by atoms with E-state index in [1.54, 1.807) is 10.9 Å². The third-order valence-corrected chi connectivity index (χ3v) is 5.76. The minimum atomic E-state index is -0.0640. The molecule has 2 fully saturated rings. The highest BCUT2D eigenvalue weighted by atomic mass is 16.2. The van der Waals surface area contributed by atoms with Crippen LogP contribution in [0, 0.1) is 29.6 Å². The first-order chi connectivity index (χ1) is 13.4. The fraction of sp³-hybridized carbons (Fsp3) is 0.526. The zero-order chi connectivity index (χ0) is 19.9. The number of anilines is 3. The summed E-state index contributed by atoms with van der Waals surface area (Å²) in [4.78, 5) is 25.4. The highest BCUT2D eigenvalue weighted by molar-refractivity contribution is 5.78. The van der Waals surface area contributed by atoms with Crippen LogP contribution < -0.4 is 10.2 Å². The summed E-state index contributed by atoms with van der Waals surface area (Å²) >= 11 is 0. The summed E-state index contributed by atoms with van der Waals surface area (Å²) in [6.45, 7) is 7.32. The zero-order valence-electron chi connectivity index (χ0n) is 16.4. The second kappa shape index (κ2) is 6.78. The fourth-order valence-electron chi connectivity index (χ4n) is 4.30. The van der Waals surface area contributed by atoms with Gasteiger partial charge in [-0.3, -0.25) is 9.48 Å². The normalized spacial score (nSPS) is 23.6. The molecule has 4 rings (SSSR count). The third-order valence-electron chi connectivity index (χ3n) is 5.76. The number of likely N-dealkylation sites (tertiary alicyclic amines) is 1. The summed E-state index contributed by atoms with van der Waals surface area (Å²) in [6.07, 6.45) is 5.40. The Balaban J connectivity index is 1.50. The lowest BCUT2D eigenvalue weighted by Crippen LogP contribution is -2.35. The first kappa shape index (κ1) is 18.2. The van der Waals surface area contributed by atoms with Gasteiger partial charge in [-0.15, -0.1) is 0 Å². The van der Waals surface area contributed by atoms with Gasteiger partial charge in [-0.25, -0.2) is 4.98 Å². The number of carbonyl (C=O) groups excluding carboxylic acids is 1. The summed E-state index contributed by atoms with van der Waals surface area (Å²) in [6, 6.07) is 1.96. The third kappa shape index (κ3) is 3.26. The smallest absolute Gasteiger partial charge is 0.236 e. The molecule has 2 aromatic heterocycles. The highest BCUT2D eigenvalue weighted by Crippen LogP contribution is 2.44. The number of carbonyl (C=O) groups is 1. The standard InChI is InChI=1S/C19H24N8O/c1-13-6-21-18(23-15-7-22-25(3)10-15)24-17(13)27-9-14-8-26(16(28)4-5-20)11-19(14,2)12-27/h6-7,10,14H,4,8-9,11-12H2,1-3H3,(H,21,23,24)/t14-,19+/m1/s1. The number of aryl methyl sites for hydroxylation is 2. The van der Waals surface area contributed by atoms with Gasteiger partial charge in [0.1, 0.15) is 12.2 Å². The second-order valence-corrected chi connectivity index (χ2v) is 8.07. The zero-order valence-corrected chi connectivity index (χ0v) is 16.4. The van der Waals surface area contributed by atoms with Gasteiger partial charge in [0.15, 0.2) is 0 Å². The Bertz CT molecular complexity index is 948. The molecule has 146 valence electrons. The molecule has 0 unspecified atom stereocenters. The molecule has 0 aromatic carbocycles. The monoisotopic (exact) mass is 380 g/mol. The molecule has 9 heteroatoms. The molecule has 28 heavy (non-hydrogen) atoms. The van der Waals surface area contributed by atoms with Gasteiger partial charge in [0.05, 0.1) is 18.0 Å². The predicted octanol–water partition coefficient (Wildman–Crippen LogP) is 1.46. The average molecular weight is 380 g/mol. The molecule has 0 aliphatic carbocycles. The van der Waals surface area contributed by atoms with Crippen LogP contribution in [0.5, 0.6) is 0 Å². The van der Waals surface area contributed by atoms with E-state index in [0.717, 1.165) is 30.2 Å². The van der Waals surface area contributed by atoms with Gasteiger partial charge < -0.3 is 15.1 Å². The van der Waals surface area contributed by atoms with E-state index in [2.05, 4.69) is 27.2 Å². The van der Waals surface area contributed by atoms with Crippen LogP contribution in [-0.4, -0.2) is 56.7 Å². The quantitative estimate of drug-likeness (QED) is 0.856. The predicted molar refractivity (Wildman–Crippen MR) is 104 cm³/mol. The number of aromatic nitrogens is 4. The number of hydrogen-bond donors (Lipinski definition) is 1. The molecule has 1 N–H and O–H groups in total. The summed E-state index contributed by atoms with van der Waals surface area (Å²) in [7, 11) is 1.86. The molecule has 2 aromatic rings. The molecule has 0 bridgehead atoms. The van der Waals surface area contributed by atoms with Crippen LogP contribution in [0.1, 0.15) is 18.9 Å². The van der Waals surface area contributed by atoms with E-state index in [0.29, 0.717) is 25.0 Å². The van der Waals surface area contributed by atoms with Gasteiger partial charge in [-0.2, -0.15) is 15.3 Å². The lowest BCUT2D eigenvalue weighted by molar-refractivity contribution is -0.129. The van der Waals surface area contributed by atoms with E-state index in [1.165, 1.54) is 0 Å². The van der Waals surface area contributed by atoms with Crippen molar-refractivity contribution in [2.45, 2.75) is 20.3 Å². The average Bonchev–Trinajstić information content (AvgIpc) is 3.28. The first-order valence-corrected chi connectivity index (χ1v) is 9.37. The maximum Gasteiger partial charge on any atom is 0.236 e. The Morgan fingerprint density at radius 1 is 1.39 bits per heavy atom. The number of nitrogens with zero attached hydrogens (tertiary/aromatic N) is 7. The van der Waals surface area contributed by atoms with E-state index in [9.17, 15) is 4.79 Å². The topological polar surface area (TPSA) is 103 Å². The van der Waals surface area contributed by atoms with Gasteiger partial charge >= 0.3 is 0 Å². The minimum Gasteiger partial charge on any atom is -0.355 e. The lowest BCUT2D eigenvalue weighted by atomic mass is 9.83. The molecule has 1 amide bonds. The summed E-state index contributed by atoms with van der Waals surface area (Å²) in [5, 5.41) is 16.1. The second-order valence-electron chi connectivity index (χ2n) is 8.07. The van der Waals surface area contributed by atoms with Gasteiger partial charge in [-0.05, 0) is 6.92 Å². The van der Waals surface area contributed by atoms with Crippen LogP contribution >= 0.6 is 0 Å². The molecule has 2 aliphatic rings. The Hall–Kier alpha value is -3.15. The van der Waals surface area contributed by atoms with E-state index in [-0.39, 0.29) is 17.7 Å². The molecule has 0 saturated carbocycles. The number of fused-ring (bicyclic) bond motifs is 1.